The smallest absolute Gasteiger partial charge is 0.157 e. The molecule has 1 saturated heterocycles. The molecule has 4 heteroatoms. The van der Waals surface area contributed by atoms with Crippen LogP contribution in [0.2, 0.25) is 0 Å². The summed E-state index contributed by atoms with van der Waals surface area (Å²) in [5.74, 6) is 1.88. The van der Waals surface area contributed by atoms with Gasteiger partial charge in [0.15, 0.2) is 5.65 Å². The van der Waals surface area contributed by atoms with Crippen LogP contribution in [0.5, 0.6) is 0 Å². The minimum Gasteiger partial charge on any atom is -0.358 e. The fraction of sp³-hybridized carbons (Fsp3) is 0.280. The van der Waals surface area contributed by atoms with E-state index in [-0.39, 0.29) is 0 Å². The van der Waals surface area contributed by atoms with E-state index in [1.165, 1.54) is 18.4 Å². The zero-order valence-electron chi connectivity index (χ0n) is 16.7. The molecule has 0 saturated carbocycles. The van der Waals surface area contributed by atoms with Crippen LogP contribution in [0.3, 0.4) is 0 Å². The van der Waals surface area contributed by atoms with Crippen molar-refractivity contribution in [2.75, 3.05) is 18.0 Å². The Labute approximate surface area is 171 Å². The number of nitrogens with zero attached hydrogens (tertiary/aromatic N) is 4. The zero-order chi connectivity index (χ0) is 19.8. The second kappa shape index (κ2) is 7.25. The van der Waals surface area contributed by atoms with E-state index in [0.29, 0.717) is 5.56 Å². The van der Waals surface area contributed by atoms with Crippen LogP contribution in [0.25, 0.3) is 16.7 Å². The second-order valence-corrected chi connectivity index (χ2v) is 8.05. The number of pyridine rings is 1. The largest absolute Gasteiger partial charge is 0.358 e. The van der Waals surface area contributed by atoms with Gasteiger partial charge in [0.2, 0.25) is 0 Å². The van der Waals surface area contributed by atoms with Gasteiger partial charge in [0, 0.05) is 13.1 Å². The van der Waals surface area contributed by atoms with Gasteiger partial charge in [-0.25, -0.2) is 4.98 Å². The molecule has 0 radical (unpaired) electrons. The molecule has 1 fully saturated rings. The Morgan fingerprint density at radius 1 is 1.03 bits per heavy atom. The van der Waals surface area contributed by atoms with E-state index < -0.39 is 0 Å². The fourth-order valence-electron chi connectivity index (χ4n) is 4.62. The molecule has 0 atom stereocenters. The van der Waals surface area contributed by atoms with Crippen molar-refractivity contribution in [3.05, 3.63) is 77.4 Å². The third kappa shape index (κ3) is 3.13. The maximum atomic E-state index is 9.70. The van der Waals surface area contributed by atoms with Crippen LogP contribution in [0.15, 0.2) is 60.7 Å². The Morgan fingerprint density at radius 3 is 2.52 bits per heavy atom. The highest BCUT2D eigenvalue weighted by atomic mass is 15.2. The highest BCUT2D eigenvalue weighted by Crippen LogP contribution is 2.31. The van der Waals surface area contributed by atoms with E-state index in [2.05, 4.69) is 57.8 Å². The van der Waals surface area contributed by atoms with E-state index in [4.69, 9.17) is 4.98 Å². The van der Waals surface area contributed by atoms with Gasteiger partial charge in [0.05, 0.1) is 16.6 Å². The third-order valence-corrected chi connectivity index (χ3v) is 6.17. The first-order valence-corrected chi connectivity index (χ1v) is 10.3. The second-order valence-electron chi connectivity index (χ2n) is 8.05. The molecule has 0 bridgehead atoms. The van der Waals surface area contributed by atoms with Gasteiger partial charge in [-0.2, -0.15) is 5.26 Å². The van der Waals surface area contributed by atoms with E-state index in [9.17, 15) is 5.26 Å². The Morgan fingerprint density at radius 2 is 1.76 bits per heavy atom. The first-order valence-electron chi connectivity index (χ1n) is 10.3. The van der Waals surface area contributed by atoms with Gasteiger partial charge in [-0.3, -0.25) is 4.40 Å². The van der Waals surface area contributed by atoms with Crippen LogP contribution in [0, 0.1) is 24.2 Å². The van der Waals surface area contributed by atoms with Gasteiger partial charge in [-0.15, -0.1) is 0 Å². The summed E-state index contributed by atoms with van der Waals surface area (Å²) >= 11 is 0. The molecule has 3 heterocycles. The Hall–Kier alpha value is -3.32. The van der Waals surface area contributed by atoms with Crippen LogP contribution >= 0.6 is 0 Å². The average Bonchev–Trinajstić information content (AvgIpc) is 3.14. The SMILES string of the molecule is Cc1cc(N2CCC(Cc3ccccc3)CC2)n2c(nc3ccccc32)c1C#N. The molecular weight excluding hydrogens is 356 g/mol. The van der Waals surface area contributed by atoms with Crippen molar-refractivity contribution in [2.45, 2.75) is 26.2 Å². The van der Waals surface area contributed by atoms with Gasteiger partial charge in [0.1, 0.15) is 11.9 Å². The van der Waals surface area contributed by atoms with Gasteiger partial charge >= 0.3 is 0 Å². The molecular formula is C25H24N4. The first kappa shape index (κ1) is 17.8. The van der Waals surface area contributed by atoms with Crippen molar-refractivity contribution >= 4 is 22.5 Å². The summed E-state index contributed by atoms with van der Waals surface area (Å²) in [6, 6.07) is 23.5. The third-order valence-electron chi connectivity index (χ3n) is 6.17. The molecule has 1 aliphatic rings. The van der Waals surface area contributed by atoms with Crippen molar-refractivity contribution in [3.8, 4) is 6.07 Å². The van der Waals surface area contributed by atoms with Crippen molar-refractivity contribution in [1.82, 2.24) is 9.38 Å². The number of benzene rings is 2. The molecule has 0 aliphatic carbocycles. The summed E-state index contributed by atoms with van der Waals surface area (Å²) in [5.41, 5.74) is 5.88. The molecule has 0 N–H and O–H groups in total. The lowest BCUT2D eigenvalue weighted by Crippen LogP contribution is -2.35. The maximum Gasteiger partial charge on any atom is 0.157 e. The molecule has 0 amide bonds. The van der Waals surface area contributed by atoms with Crippen LogP contribution in [-0.4, -0.2) is 22.5 Å². The molecule has 29 heavy (non-hydrogen) atoms. The summed E-state index contributed by atoms with van der Waals surface area (Å²) in [4.78, 5) is 7.26. The Kier molecular flexibility index (Phi) is 4.44. The molecule has 2 aromatic heterocycles. The fourth-order valence-corrected chi connectivity index (χ4v) is 4.62. The predicted molar refractivity (Wildman–Crippen MR) is 117 cm³/mol. The number of aromatic nitrogens is 2. The van der Waals surface area contributed by atoms with Crippen molar-refractivity contribution in [1.29, 1.82) is 5.26 Å². The predicted octanol–water partition coefficient (Wildman–Crippen LogP) is 5.13. The molecule has 2 aromatic carbocycles. The molecule has 4 nitrogen and oxygen atoms in total. The van der Waals surface area contributed by atoms with Gasteiger partial charge < -0.3 is 4.90 Å². The highest BCUT2D eigenvalue weighted by molar-refractivity contribution is 5.85. The quantitative estimate of drug-likeness (QED) is 0.495. The standard InChI is InChI=1S/C25H24N4/c1-18-15-24(28-13-11-20(12-14-28)16-19-7-3-2-4-8-19)29-23-10-6-5-9-22(23)27-25(29)21(18)17-26/h2-10,15,20H,11-14,16H2,1H3. The highest BCUT2D eigenvalue weighted by Gasteiger charge is 2.23. The molecule has 4 aromatic rings. The lowest BCUT2D eigenvalue weighted by Gasteiger charge is -2.34. The molecule has 0 unspecified atom stereocenters. The normalized spacial score (nSPS) is 15.1. The maximum absolute atomic E-state index is 9.70. The lowest BCUT2D eigenvalue weighted by atomic mass is 9.90. The monoisotopic (exact) mass is 380 g/mol. The molecule has 144 valence electrons. The number of imidazole rings is 1. The van der Waals surface area contributed by atoms with Crippen molar-refractivity contribution < 1.29 is 0 Å². The van der Waals surface area contributed by atoms with Crippen LogP contribution in [-0.2, 0) is 6.42 Å². The molecule has 5 rings (SSSR count). The number of aryl methyl sites for hydroxylation is 1. The summed E-state index contributed by atoms with van der Waals surface area (Å²) in [7, 11) is 0. The first-order chi connectivity index (χ1) is 14.2. The van der Waals surface area contributed by atoms with Crippen molar-refractivity contribution in [3.63, 3.8) is 0 Å². The van der Waals surface area contributed by atoms with E-state index in [1.807, 2.05) is 25.1 Å². The summed E-state index contributed by atoms with van der Waals surface area (Å²) in [6.45, 7) is 4.08. The topological polar surface area (TPSA) is 44.3 Å². The van der Waals surface area contributed by atoms with Gasteiger partial charge in [0.25, 0.3) is 0 Å². The number of nitriles is 1. The van der Waals surface area contributed by atoms with Crippen LogP contribution in [0.1, 0.15) is 29.5 Å². The van der Waals surface area contributed by atoms with Crippen LogP contribution < -0.4 is 4.90 Å². The average molecular weight is 380 g/mol. The number of rotatable bonds is 3. The number of hydrogen-bond acceptors (Lipinski definition) is 3. The number of fused-ring (bicyclic) bond motifs is 3. The van der Waals surface area contributed by atoms with E-state index in [1.54, 1.807) is 0 Å². The zero-order valence-corrected chi connectivity index (χ0v) is 16.7. The van der Waals surface area contributed by atoms with E-state index in [0.717, 1.165) is 53.5 Å². The van der Waals surface area contributed by atoms with Gasteiger partial charge in [-0.05, 0) is 61.4 Å². The van der Waals surface area contributed by atoms with Gasteiger partial charge in [-0.1, -0.05) is 42.5 Å². The Balaban J connectivity index is 1.49. The Bertz CT molecular complexity index is 1210. The minimum absolute atomic E-state index is 0.670. The summed E-state index contributed by atoms with van der Waals surface area (Å²) in [5, 5.41) is 9.70. The van der Waals surface area contributed by atoms with Crippen LogP contribution in [0.4, 0.5) is 5.82 Å². The molecule has 0 spiro atoms. The van der Waals surface area contributed by atoms with Crippen molar-refractivity contribution in [2.24, 2.45) is 5.92 Å². The number of para-hydroxylation sites is 2. The summed E-state index contributed by atoms with van der Waals surface area (Å²) in [6.07, 6.45) is 3.52. The number of hydrogen-bond donors (Lipinski definition) is 0. The lowest BCUT2D eigenvalue weighted by molar-refractivity contribution is 0.402. The number of piperidine rings is 1. The minimum atomic E-state index is 0.670. The number of anilines is 1. The summed E-state index contributed by atoms with van der Waals surface area (Å²) < 4.78 is 2.18. The van der Waals surface area contributed by atoms with E-state index >= 15 is 0 Å². The molecule has 1 aliphatic heterocycles.